The molecule has 2 aromatic heterocycles. The molecule has 0 spiro atoms. The Bertz CT molecular complexity index is 886. The Morgan fingerprint density at radius 3 is 2.58 bits per heavy atom. The molecule has 0 saturated carbocycles. The van der Waals surface area contributed by atoms with Gasteiger partial charge in [0.15, 0.2) is 0 Å². The van der Waals surface area contributed by atoms with Gasteiger partial charge in [0.2, 0.25) is 0 Å². The smallest absolute Gasteiger partial charge is 0.147 e. The molecule has 1 saturated heterocycles. The number of nitrogens with zero attached hydrogens (tertiary/aromatic N) is 3. The van der Waals surface area contributed by atoms with Crippen LogP contribution in [0.4, 0.5) is 5.82 Å². The molecule has 1 N–H and O–H groups in total. The van der Waals surface area contributed by atoms with E-state index in [0.29, 0.717) is 6.42 Å². The molecule has 1 aliphatic heterocycles. The van der Waals surface area contributed by atoms with Crippen LogP contribution >= 0.6 is 11.3 Å². The predicted molar refractivity (Wildman–Crippen MR) is 109 cm³/mol. The Balaban J connectivity index is 1.87. The summed E-state index contributed by atoms with van der Waals surface area (Å²) in [4.78, 5) is 14.3. The minimum absolute atomic E-state index is 0.0297. The monoisotopic (exact) mass is 396 g/mol. The van der Waals surface area contributed by atoms with Crippen molar-refractivity contribution in [1.82, 2.24) is 14.9 Å². The highest BCUT2D eigenvalue weighted by atomic mass is 32.2. The molecular weight excluding hydrogens is 368 g/mol. The molecule has 1 fully saturated rings. The standard InChI is InChI=1S/C18H28N4O2S2/c1-12(7-10-26(4,23)24)19-17-16-13(2)14(3)25-18(16)21-15(20-17)11-22-8-5-6-9-22/h12H,5-11H2,1-4H3,(H,19,20,21). The number of likely N-dealkylation sites (tertiary alicyclic amines) is 1. The highest BCUT2D eigenvalue weighted by Gasteiger charge is 2.19. The number of fused-ring (bicyclic) bond motifs is 1. The lowest BCUT2D eigenvalue weighted by molar-refractivity contribution is 0.323. The highest BCUT2D eigenvalue weighted by molar-refractivity contribution is 7.90. The van der Waals surface area contributed by atoms with Gasteiger partial charge in [0, 0.05) is 17.2 Å². The van der Waals surface area contributed by atoms with Gasteiger partial charge < -0.3 is 5.32 Å². The molecule has 26 heavy (non-hydrogen) atoms. The molecule has 0 bridgehead atoms. The normalized spacial score (nSPS) is 17.1. The largest absolute Gasteiger partial charge is 0.367 e. The van der Waals surface area contributed by atoms with E-state index < -0.39 is 9.84 Å². The molecular formula is C18H28N4O2S2. The van der Waals surface area contributed by atoms with Crippen molar-refractivity contribution < 1.29 is 8.42 Å². The maximum Gasteiger partial charge on any atom is 0.147 e. The maximum absolute atomic E-state index is 11.4. The molecule has 1 atom stereocenters. The van der Waals surface area contributed by atoms with Crippen LogP contribution in [0.1, 0.15) is 42.5 Å². The Morgan fingerprint density at radius 2 is 1.92 bits per heavy atom. The molecule has 0 aliphatic carbocycles. The molecule has 2 aromatic rings. The van der Waals surface area contributed by atoms with E-state index in [1.165, 1.54) is 29.5 Å². The molecule has 8 heteroatoms. The van der Waals surface area contributed by atoms with E-state index in [0.717, 1.165) is 41.5 Å². The predicted octanol–water partition coefficient (Wildman–Crippen LogP) is 3.14. The van der Waals surface area contributed by atoms with Crippen molar-refractivity contribution in [2.45, 2.75) is 52.6 Å². The average molecular weight is 397 g/mol. The fourth-order valence-electron chi connectivity index (χ4n) is 3.31. The van der Waals surface area contributed by atoms with Crippen LogP contribution in [-0.4, -0.2) is 54.4 Å². The number of hydrogen-bond acceptors (Lipinski definition) is 7. The summed E-state index contributed by atoms with van der Waals surface area (Å²) in [6.07, 6.45) is 4.33. The zero-order valence-electron chi connectivity index (χ0n) is 16.0. The number of anilines is 1. The van der Waals surface area contributed by atoms with Crippen LogP contribution in [0.3, 0.4) is 0 Å². The van der Waals surface area contributed by atoms with Crippen molar-refractivity contribution in [3.8, 4) is 0 Å². The molecule has 1 unspecified atom stereocenters. The van der Waals surface area contributed by atoms with Crippen LogP contribution in [0.2, 0.25) is 0 Å². The maximum atomic E-state index is 11.4. The summed E-state index contributed by atoms with van der Waals surface area (Å²) in [5.41, 5.74) is 1.20. The molecule has 6 nitrogen and oxygen atoms in total. The number of thiophene rings is 1. The number of hydrogen-bond donors (Lipinski definition) is 1. The SMILES string of the molecule is Cc1sc2nc(CN3CCCC3)nc(NC(C)CCS(C)(=O)=O)c2c1C. The van der Waals surface area contributed by atoms with Gasteiger partial charge in [0.1, 0.15) is 26.3 Å². The van der Waals surface area contributed by atoms with Crippen LogP contribution in [0.5, 0.6) is 0 Å². The molecule has 1 aliphatic rings. The van der Waals surface area contributed by atoms with Gasteiger partial charge in [-0.25, -0.2) is 18.4 Å². The molecule has 0 radical (unpaired) electrons. The van der Waals surface area contributed by atoms with Gasteiger partial charge in [-0.3, -0.25) is 4.90 Å². The second-order valence-corrected chi connectivity index (χ2v) is 10.9. The summed E-state index contributed by atoms with van der Waals surface area (Å²) < 4.78 is 22.9. The number of rotatable bonds is 7. The fraction of sp³-hybridized carbons (Fsp3) is 0.667. The number of aromatic nitrogens is 2. The number of sulfone groups is 1. The van der Waals surface area contributed by atoms with Crippen LogP contribution in [0.25, 0.3) is 10.2 Å². The topological polar surface area (TPSA) is 75.2 Å². The third kappa shape index (κ3) is 4.72. The first-order valence-corrected chi connectivity index (χ1v) is 12.0. The lowest BCUT2D eigenvalue weighted by Crippen LogP contribution is -2.23. The summed E-state index contributed by atoms with van der Waals surface area (Å²) in [5.74, 6) is 1.86. The van der Waals surface area contributed by atoms with Crippen molar-refractivity contribution in [3.63, 3.8) is 0 Å². The van der Waals surface area contributed by atoms with Crippen molar-refractivity contribution in [1.29, 1.82) is 0 Å². The molecule has 0 aromatic carbocycles. The van der Waals surface area contributed by atoms with E-state index in [1.807, 2.05) is 6.92 Å². The van der Waals surface area contributed by atoms with Gasteiger partial charge in [0.05, 0.1) is 17.7 Å². The third-order valence-electron chi connectivity index (χ3n) is 4.94. The molecule has 144 valence electrons. The van der Waals surface area contributed by atoms with Crippen molar-refractivity contribution >= 4 is 37.2 Å². The summed E-state index contributed by atoms with van der Waals surface area (Å²) in [6.45, 7) is 9.21. The van der Waals surface area contributed by atoms with E-state index in [-0.39, 0.29) is 11.8 Å². The van der Waals surface area contributed by atoms with Crippen molar-refractivity contribution in [3.05, 3.63) is 16.3 Å². The van der Waals surface area contributed by atoms with Crippen LogP contribution in [-0.2, 0) is 16.4 Å². The highest BCUT2D eigenvalue weighted by Crippen LogP contribution is 2.34. The Labute approximate surface area is 160 Å². The van der Waals surface area contributed by atoms with Gasteiger partial charge in [-0.2, -0.15) is 0 Å². The van der Waals surface area contributed by atoms with E-state index in [9.17, 15) is 8.42 Å². The number of aryl methyl sites for hydroxylation is 2. The van der Waals surface area contributed by atoms with Crippen LogP contribution in [0.15, 0.2) is 0 Å². The van der Waals surface area contributed by atoms with Gasteiger partial charge in [-0.05, 0) is 58.7 Å². The second kappa shape index (κ2) is 7.78. The van der Waals surface area contributed by atoms with Gasteiger partial charge in [-0.1, -0.05) is 0 Å². The summed E-state index contributed by atoms with van der Waals surface area (Å²) in [5, 5.41) is 4.52. The minimum Gasteiger partial charge on any atom is -0.367 e. The zero-order chi connectivity index (χ0) is 18.9. The first-order chi connectivity index (χ1) is 12.2. The minimum atomic E-state index is -2.96. The first kappa shape index (κ1) is 19.5. The second-order valence-electron chi connectivity index (χ2n) is 7.40. The van der Waals surface area contributed by atoms with Crippen molar-refractivity contribution in [2.24, 2.45) is 0 Å². The van der Waals surface area contributed by atoms with E-state index >= 15 is 0 Å². The lowest BCUT2D eigenvalue weighted by Gasteiger charge is -2.18. The molecule has 0 amide bonds. The van der Waals surface area contributed by atoms with Crippen molar-refractivity contribution in [2.75, 3.05) is 30.4 Å². The lowest BCUT2D eigenvalue weighted by atomic mass is 10.2. The van der Waals surface area contributed by atoms with E-state index in [4.69, 9.17) is 9.97 Å². The Kier molecular flexibility index (Phi) is 5.84. The number of nitrogens with one attached hydrogen (secondary N) is 1. The Hall–Kier alpha value is -1.25. The summed E-state index contributed by atoms with van der Waals surface area (Å²) in [7, 11) is -2.96. The fourth-order valence-corrected chi connectivity index (χ4v) is 5.14. The summed E-state index contributed by atoms with van der Waals surface area (Å²) >= 11 is 1.70. The summed E-state index contributed by atoms with van der Waals surface area (Å²) in [6, 6.07) is 0.0297. The average Bonchev–Trinajstić information content (AvgIpc) is 3.14. The van der Waals surface area contributed by atoms with Crippen LogP contribution < -0.4 is 5.32 Å². The van der Waals surface area contributed by atoms with E-state index in [2.05, 4.69) is 24.1 Å². The van der Waals surface area contributed by atoms with Gasteiger partial charge in [-0.15, -0.1) is 11.3 Å². The van der Waals surface area contributed by atoms with Crippen LogP contribution in [0, 0.1) is 13.8 Å². The van der Waals surface area contributed by atoms with Gasteiger partial charge in [0.25, 0.3) is 0 Å². The molecule has 3 heterocycles. The molecule has 3 rings (SSSR count). The first-order valence-electron chi connectivity index (χ1n) is 9.16. The zero-order valence-corrected chi connectivity index (χ0v) is 17.6. The van der Waals surface area contributed by atoms with Gasteiger partial charge >= 0.3 is 0 Å². The quantitative estimate of drug-likeness (QED) is 0.775. The van der Waals surface area contributed by atoms with E-state index in [1.54, 1.807) is 11.3 Å². The third-order valence-corrected chi connectivity index (χ3v) is 7.02. The Morgan fingerprint density at radius 1 is 1.23 bits per heavy atom.